The minimum absolute atomic E-state index is 0.0421. The second kappa shape index (κ2) is 3.74. The van der Waals surface area contributed by atoms with Gasteiger partial charge in [-0.25, -0.2) is 8.42 Å². The lowest BCUT2D eigenvalue weighted by Gasteiger charge is -2.18. The van der Waals surface area contributed by atoms with E-state index in [0.29, 0.717) is 11.4 Å². The van der Waals surface area contributed by atoms with Crippen LogP contribution in [0, 0.1) is 0 Å². The van der Waals surface area contributed by atoms with Gasteiger partial charge in [-0.3, -0.25) is 10.6 Å². The van der Waals surface area contributed by atoms with Gasteiger partial charge in [0.1, 0.15) is 5.75 Å². The van der Waals surface area contributed by atoms with Crippen LogP contribution in [0.5, 0.6) is 5.75 Å². The topological polar surface area (TPSA) is 111 Å². The summed E-state index contributed by atoms with van der Waals surface area (Å²) >= 11 is 0. The van der Waals surface area contributed by atoms with Gasteiger partial charge >= 0.3 is 0 Å². The molecule has 0 aromatic heterocycles. The summed E-state index contributed by atoms with van der Waals surface area (Å²) < 4.78 is 27.8. The molecule has 1 aliphatic heterocycles. The van der Waals surface area contributed by atoms with E-state index in [1.54, 1.807) is 4.83 Å². The molecule has 0 saturated heterocycles. The van der Waals surface area contributed by atoms with Crippen molar-refractivity contribution in [2.75, 3.05) is 11.9 Å². The number of anilines is 1. The maximum atomic E-state index is 11.4. The Morgan fingerprint density at radius 2 is 2.19 bits per heavy atom. The van der Waals surface area contributed by atoms with Crippen molar-refractivity contribution in [3.8, 4) is 5.75 Å². The number of hydrazine groups is 1. The molecular weight excluding hydrogens is 234 g/mol. The number of carbonyl (C=O) groups excluding carboxylic acids is 1. The minimum Gasteiger partial charge on any atom is -0.482 e. The van der Waals surface area contributed by atoms with Crippen LogP contribution >= 0.6 is 0 Å². The van der Waals surface area contributed by atoms with Crippen molar-refractivity contribution < 1.29 is 17.9 Å². The zero-order valence-electron chi connectivity index (χ0n) is 8.06. The highest BCUT2D eigenvalue weighted by atomic mass is 32.2. The standard InChI is InChI=1S/C8H9N3O4S/c9-11-16(13,14)5-1-2-7-6(3-5)10-8(12)4-15-7/h1-3,11H,4,9H2,(H,10,12). The van der Waals surface area contributed by atoms with Gasteiger partial charge in [-0.05, 0) is 18.2 Å². The van der Waals surface area contributed by atoms with E-state index in [4.69, 9.17) is 10.6 Å². The van der Waals surface area contributed by atoms with E-state index in [1.165, 1.54) is 18.2 Å². The highest BCUT2D eigenvalue weighted by Crippen LogP contribution is 2.29. The average molecular weight is 243 g/mol. The molecule has 0 unspecified atom stereocenters. The fourth-order valence-corrected chi connectivity index (χ4v) is 1.95. The average Bonchev–Trinajstić information content (AvgIpc) is 2.28. The molecule has 2 rings (SSSR count). The Bertz CT molecular complexity index is 540. The van der Waals surface area contributed by atoms with Crippen LogP contribution in [0.25, 0.3) is 0 Å². The van der Waals surface area contributed by atoms with Gasteiger partial charge < -0.3 is 10.1 Å². The number of sulfonamides is 1. The number of ether oxygens (including phenoxy) is 1. The highest BCUT2D eigenvalue weighted by molar-refractivity contribution is 7.89. The number of benzene rings is 1. The summed E-state index contributed by atoms with van der Waals surface area (Å²) in [6, 6.07) is 4.08. The zero-order chi connectivity index (χ0) is 11.8. The van der Waals surface area contributed by atoms with E-state index in [-0.39, 0.29) is 17.4 Å². The number of nitrogens with two attached hydrogens (primary N) is 1. The first-order chi connectivity index (χ1) is 7.53. The number of hydrogen-bond donors (Lipinski definition) is 3. The molecule has 4 N–H and O–H groups in total. The number of rotatable bonds is 2. The molecule has 7 nitrogen and oxygen atoms in total. The SMILES string of the molecule is NNS(=O)(=O)c1ccc2c(c1)NC(=O)CO2. The van der Waals surface area contributed by atoms with Gasteiger partial charge in [0.25, 0.3) is 15.9 Å². The maximum Gasteiger partial charge on any atom is 0.262 e. The van der Waals surface area contributed by atoms with Crippen molar-refractivity contribution in [1.29, 1.82) is 0 Å². The van der Waals surface area contributed by atoms with Crippen LogP contribution < -0.4 is 20.7 Å². The number of fused-ring (bicyclic) bond motifs is 1. The van der Waals surface area contributed by atoms with Crippen LogP contribution in [0.4, 0.5) is 5.69 Å². The summed E-state index contributed by atoms with van der Waals surface area (Å²) in [6.45, 7) is -0.0752. The molecule has 1 aliphatic rings. The largest absolute Gasteiger partial charge is 0.482 e. The predicted molar refractivity (Wildman–Crippen MR) is 55.1 cm³/mol. The third-order valence-corrected chi connectivity index (χ3v) is 3.23. The fourth-order valence-electron chi connectivity index (χ4n) is 1.30. The number of amides is 1. The molecule has 0 aliphatic carbocycles. The molecule has 0 fully saturated rings. The summed E-state index contributed by atoms with van der Waals surface area (Å²) in [4.78, 5) is 12.7. The van der Waals surface area contributed by atoms with Crippen molar-refractivity contribution in [2.45, 2.75) is 4.90 Å². The lowest BCUT2D eigenvalue weighted by molar-refractivity contribution is -0.118. The van der Waals surface area contributed by atoms with E-state index in [9.17, 15) is 13.2 Å². The van der Waals surface area contributed by atoms with Crippen LogP contribution in [-0.2, 0) is 14.8 Å². The molecule has 0 radical (unpaired) electrons. The molecule has 86 valence electrons. The Morgan fingerprint density at radius 1 is 1.44 bits per heavy atom. The van der Waals surface area contributed by atoms with Gasteiger partial charge in [-0.15, -0.1) is 0 Å². The van der Waals surface area contributed by atoms with E-state index >= 15 is 0 Å². The quantitative estimate of drug-likeness (QED) is 0.464. The van der Waals surface area contributed by atoms with Gasteiger partial charge in [0.15, 0.2) is 6.61 Å². The van der Waals surface area contributed by atoms with Gasteiger partial charge in [0.05, 0.1) is 10.6 Å². The normalized spacial score (nSPS) is 14.9. The molecular formula is C8H9N3O4S. The second-order valence-electron chi connectivity index (χ2n) is 3.12. The highest BCUT2D eigenvalue weighted by Gasteiger charge is 2.19. The summed E-state index contributed by atoms with van der Waals surface area (Å²) in [7, 11) is -3.73. The summed E-state index contributed by atoms with van der Waals surface area (Å²) in [5.41, 5.74) is 0.313. The molecule has 0 spiro atoms. The third-order valence-electron chi connectivity index (χ3n) is 2.05. The lowest BCUT2D eigenvalue weighted by Crippen LogP contribution is -2.31. The summed E-state index contributed by atoms with van der Waals surface area (Å²) in [6.07, 6.45) is 0. The first-order valence-electron chi connectivity index (χ1n) is 4.32. The predicted octanol–water partition coefficient (Wildman–Crippen LogP) is -0.831. The van der Waals surface area contributed by atoms with Crippen molar-refractivity contribution in [3.63, 3.8) is 0 Å². The van der Waals surface area contributed by atoms with E-state index < -0.39 is 10.0 Å². The zero-order valence-corrected chi connectivity index (χ0v) is 8.87. The summed E-state index contributed by atoms with van der Waals surface area (Å²) in [5, 5.41) is 2.50. The van der Waals surface area contributed by atoms with Crippen LogP contribution in [0.2, 0.25) is 0 Å². The molecule has 1 aromatic carbocycles. The van der Waals surface area contributed by atoms with Gasteiger partial charge in [0.2, 0.25) is 0 Å². The molecule has 0 saturated carbocycles. The van der Waals surface area contributed by atoms with Crippen LogP contribution in [-0.4, -0.2) is 20.9 Å². The molecule has 8 heteroatoms. The Morgan fingerprint density at radius 3 is 2.88 bits per heavy atom. The van der Waals surface area contributed by atoms with Gasteiger partial charge in [0, 0.05) is 0 Å². The Hall–Kier alpha value is -1.64. The third kappa shape index (κ3) is 1.85. The van der Waals surface area contributed by atoms with Crippen molar-refractivity contribution in [1.82, 2.24) is 4.83 Å². The first kappa shape index (κ1) is 10.9. The van der Waals surface area contributed by atoms with E-state index in [0.717, 1.165) is 0 Å². The Kier molecular flexibility index (Phi) is 2.54. The number of carbonyl (C=O) groups is 1. The van der Waals surface area contributed by atoms with Crippen LogP contribution in [0.15, 0.2) is 23.1 Å². The van der Waals surface area contributed by atoms with Crippen molar-refractivity contribution in [2.24, 2.45) is 5.84 Å². The van der Waals surface area contributed by atoms with Gasteiger partial charge in [-0.2, -0.15) is 4.83 Å². The lowest BCUT2D eigenvalue weighted by atomic mass is 10.2. The Labute approximate surface area is 91.6 Å². The van der Waals surface area contributed by atoms with E-state index in [2.05, 4.69) is 5.32 Å². The molecule has 1 amide bonds. The molecule has 1 heterocycles. The van der Waals surface area contributed by atoms with Crippen molar-refractivity contribution in [3.05, 3.63) is 18.2 Å². The van der Waals surface area contributed by atoms with Crippen LogP contribution in [0.3, 0.4) is 0 Å². The minimum atomic E-state index is -3.73. The van der Waals surface area contributed by atoms with Gasteiger partial charge in [-0.1, -0.05) is 0 Å². The van der Waals surface area contributed by atoms with Crippen molar-refractivity contribution >= 4 is 21.6 Å². The van der Waals surface area contributed by atoms with E-state index in [1.807, 2.05) is 0 Å². The maximum absolute atomic E-state index is 11.4. The number of nitrogens with one attached hydrogen (secondary N) is 2. The fraction of sp³-hybridized carbons (Fsp3) is 0.125. The van der Waals surface area contributed by atoms with Crippen LogP contribution in [0.1, 0.15) is 0 Å². The Balaban J connectivity index is 2.47. The number of hydrogen-bond acceptors (Lipinski definition) is 5. The molecule has 1 aromatic rings. The molecule has 16 heavy (non-hydrogen) atoms. The molecule has 0 bridgehead atoms. The first-order valence-corrected chi connectivity index (χ1v) is 5.80. The second-order valence-corrected chi connectivity index (χ2v) is 4.83. The smallest absolute Gasteiger partial charge is 0.262 e. The summed E-state index contributed by atoms with van der Waals surface area (Å²) in [5.74, 6) is 4.98. The molecule has 0 atom stereocenters. The monoisotopic (exact) mass is 243 g/mol.